The van der Waals surface area contributed by atoms with Gasteiger partial charge in [0.2, 0.25) is 0 Å². The van der Waals surface area contributed by atoms with Crippen LogP contribution in [0.1, 0.15) is 161 Å². The van der Waals surface area contributed by atoms with Crippen LogP contribution in [0.25, 0.3) is 0 Å². The minimum atomic E-state index is -2.69. The number of ether oxygens (including phenoxy) is 8. The predicted molar refractivity (Wildman–Crippen MR) is 322 cm³/mol. The van der Waals surface area contributed by atoms with E-state index in [2.05, 4.69) is 196 Å². The largest absolute Gasteiger partial charge is 0.411 e. The number of benzene rings is 2. The molecule has 8 heterocycles. The van der Waals surface area contributed by atoms with E-state index in [1.165, 1.54) is 10.4 Å². The highest BCUT2D eigenvalue weighted by molar-refractivity contribution is 6.99. The summed E-state index contributed by atoms with van der Waals surface area (Å²) in [5.74, 6) is 0. The van der Waals surface area contributed by atoms with Gasteiger partial charge in [0, 0.05) is 45.1 Å². The topological polar surface area (TPSA) is 122 Å². The number of fused-ring (bicyclic) bond motifs is 7. The molecule has 0 amide bonds. The highest BCUT2D eigenvalue weighted by Crippen LogP contribution is 2.56. The van der Waals surface area contributed by atoms with Gasteiger partial charge in [0.05, 0.1) is 90.6 Å². The third-order valence-electron chi connectivity index (χ3n) is 21.7. The highest BCUT2D eigenvalue weighted by Gasteiger charge is 2.66. The lowest BCUT2D eigenvalue weighted by Crippen LogP contribution is -2.73. The Kier molecular flexibility index (Phi) is 16.6. The van der Waals surface area contributed by atoms with Crippen molar-refractivity contribution >= 4 is 35.3 Å². The zero-order valence-corrected chi connectivity index (χ0v) is 55.4. The lowest BCUT2D eigenvalue weighted by molar-refractivity contribution is -0.368. The fraction of sp³-hybridized carbons (Fsp3) is 0.785. The Morgan fingerprint density at radius 1 is 0.588 bits per heavy atom. The summed E-state index contributed by atoms with van der Waals surface area (Å²) in [5.41, 5.74) is -3.36. The Balaban J connectivity index is 0.835. The average molecular weight is 1160 g/mol. The van der Waals surface area contributed by atoms with Gasteiger partial charge >= 0.3 is 0 Å². The Morgan fingerprint density at radius 3 is 1.82 bits per heavy atom. The van der Waals surface area contributed by atoms with Gasteiger partial charge < -0.3 is 56.3 Å². The smallest absolute Gasteiger partial charge is 0.261 e. The van der Waals surface area contributed by atoms with Crippen LogP contribution in [-0.2, 0) is 51.2 Å². The van der Waals surface area contributed by atoms with Gasteiger partial charge in [-0.1, -0.05) is 135 Å². The molecule has 0 unspecified atom stereocenters. The molecule has 1 N–H and O–H groups in total. The first-order valence-electron chi connectivity index (χ1n) is 30.9. The summed E-state index contributed by atoms with van der Waals surface area (Å²) in [6, 6.07) is 21.9. The van der Waals surface area contributed by atoms with Gasteiger partial charge in [-0.15, -0.1) is 0 Å². The molecule has 0 bridgehead atoms. The molecule has 80 heavy (non-hydrogen) atoms. The molecule has 12 nitrogen and oxygen atoms in total. The second kappa shape index (κ2) is 21.6. The van der Waals surface area contributed by atoms with Crippen LogP contribution >= 0.6 is 0 Å². The number of rotatable bonds is 12. The van der Waals surface area contributed by atoms with Crippen LogP contribution in [0.15, 0.2) is 72.8 Å². The first kappa shape index (κ1) is 61.4. The van der Waals surface area contributed by atoms with Crippen molar-refractivity contribution in [3.8, 4) is 0 Å². The molecule has 7 fully saturated rings. The normalized spacial score (nSPS) is 41.6. The third kappa shape index (κ3) is 11.2. The minimum Gasteiger partial charge on any atom is -0.411 e. The molecule has 448 valence electrons. The molecule has 0 radical (unpaired) electrons. The van der Waals surface area contributed by atoms with Gasteiger partial charge in [-0.3, -0.25) is 0 Å². The summed E-state index contributed by atoms with van der Waals surface area (Å²) < 4.78 is 80.0. The summed E-state index contributed by atoms with van der Waals surface area (Å²) in [4.78, 5) is 0. The predicted octanol–water partition coefficient (Wildman–Crippen LogP) is 11.9. The summed E-state index contributed by atoms with van der Waals surface area (Å²) in [6.07, 6.45) is 9.12. The highest BCUT2D eigenvalue weighted by atomic mass is 28.4. The van der Waals surface area contributed by atoms with E-state index < -0.39 is 59.1 Å². The SMILES string of the molecule is CC(C)(C)[Si](C)(C)O[C@H]1C[C@H](CCCO[Si](c2ccccc2)(c2ccccc2)C(C)(C)C)O[C@@H]2C[C@@H]3O[C@@H]4C[C@@H]5O[C@]6(C)C[C@]7(C)O[C@@H]8C=C[C@](C)(O[Si](C)(C)C(C)(C)C)[C@@H](CO)O[C@H]8C[C@H]7O[C@H]6CC[C@H]5O[C@H]4C[C@@]3(C)O[C@@]12C. The quantitative estimate of drug-likeness (QED) is 0.124. The Labute approximate surface area is 485 Å². The van der Waals surface area contributed by atoms with Crippen molar-refractivity contribution in [2.75, 3.05) is 13.2 Å². The molecule has 0 saturated carbocycles. The lowest BCUT2D eigenvalue weighted by atomic mass is 9.72. The zero-order chi connectivity index (χ0) is 57.9. The van der Waals surface area contributed by atoms with Gasteiger partial charge in [-0.05, 0) is 112 Å². The van der Waals surface area contributed by atoms with Gasteiger partial charge in [-0.2, -0.15) is 0 Å². The number of hydrogen-bond acceptors (Lipinski definition) is 12. The molecule has 2 aromatic rings. The van der Waals surface area contributed by atoms with Crippen LogP contribution in [0.3, 0.4) is 0 Å². The van der Waals surface area contributed by atoms with Crippen molar-refractivity contribution in [1.29, 1.82) is 0 Å². The summed E-state index contributed by atoms with van der Waals surface area (Å²) in [5, 5.41) is 13.3. The van der Waals surface area contributed by atoms with Crippen LogP contribution < -0.4 is 10.4 Å². The lowest BCUT2D eigenvalue weighted by Gasteiger charge is -2.62. The Morgan fingerprint density at radius 2 is 1.21 bits per heavy atom. The first-order valence-corrected chi connectivity index (χ1v) is 38.7. The van der Waals surface area contributed by atoms with E-state index in [-0.39, 0.29) is 95.0 Å². The summed E-state index contributed by atoms with van der Waals surface area (Å²) in [6.45, 7) is 41.4. The van der Waals surface area contributed by atoms with Crippen molar-refractivity contribution in [2.45, 2.75) is 310 Å². The van der Waals surface area contributed by atoms with E-state index in [4.69, 9.17) is 51.2 Å². The molecule has 8 aliphatic rings. The minimum absolute atomic E-state index is 0.00900. The van der Waals surface area contributed by atoms with E-state index in [9.17, 15) is 5.11 Å². The van der Waals surface area contributed by atoms with Gasteiger partial charge in [0.25, 0.3) is 8.32 Å². The van der Waals surface area contributed by atoms with Crippen LogP contribution in [0.2, 0.25) is 41.3 Å². The average Bonchev–Trinajstić information content (AvgIpc) is 3.76. The van der Waals surface area contributed by atoms with E-state index in [0.717, 1.165) is 44.9 Å². The Hall–Kier alpha value is -1.65. The van der Waals surface area contributed by atoms with Crippen molar-refractivity contribution in [1.82, 2.24) is 0 Å². The van der Waals surface area contributed by atoms with E-state index >= 15 is 0 Å². The van der Waals surface area contributed by atoms with Gasteiger partial charge in [0.1, 0.15) is 23.4 Å². The molecule has 0 spiro atoms. The molecular weight excluding hydrogens is 1060 g/mol. The monoisotopic (exact) mass is 1160 g/mol. The van der Waals surface area contributed by atoms with Gasteiger partial charge in [0.15, 0.2) is 16.6 Å². The number of aliphatic hydroxyl groups excluding tert-OH is 1. The van der Waals surface area contributed by atoms with Crippen LogP contribution in [0.4, 0.5) is 0 Å². The van der Waals surface area contributed by atoms with E-state index in [1.807, 2.05) is 0 Å². The third-order valence-corrected chi connectivity index (χ3v) is 35.8. The van der Waals surface area contributed by atoms with Crippen LogP contribution in [0.5, 0.6) is 0 Å². The molecule has 8 aliphatic heterocycles. The fourth-order valence-corrected chi connectivity index (χ4v) is 22.7. The molecular formula is C65H104O12Si3. The standard InChI is InChI=1S/C65H104O12Si3/c1-58(2,3)78(15,16)75-56-36-43(26-25-35-67-80(60(7,8)9,44-27-21-19-22-28-44)45-29-23-20-24-30-45)68-55-39-54-62(11,76-65(55,56)14)40-51-48(70-54)37-50-46(69-51)31-32-52-63(12,74-50)42-64(13)53(72-52)38-49-47(73-64)33-34-61(10,57(41-66)71-49)77-79(17,18)59(4,5)6/h19-24,27-30,33-34,43,46-57,66H,25-26,31-32,35-42H2,1-18H3/t43-,46+,47+,48+,49-,50-,51-,52-,53+,54-,55+,56-,57+,61-,62+,63+,64-,65+/m0/s1. The van der Waals surface area contributed by atoms with Crippen molar-refractivity contribution in [3.05, 3.63) is 72.8 Å². The molecule has 0 aromatic heterocycles. The zero-order valence-electron chi connectivity index (χ0n) is 52.4. The number of aliphatic hydroxyl groups is 1. The van der Waals surface area contributed by atoms with Crippen LogP contribution in [-0.4, -0.2) is 151 Å². The maximum absolute atomic E-state index is 10.8. The van der Waals surface area contributed by atoms with Crippen molar-refractivity contribution in [2.24, 2.45) is 0 Å². The van der Waals surface area contributed by atoms with Crippen molar-refractivity contribution < 1.29 is 56.3 Å². The van der Waals surface area contributed by atoms with Crippen molar-refractivity contribution in [3.63, 3.8) is 0 Å². The summed E-state index contributed by atoms with van der Waals surface area (Å²) >= 11 is 0. The molecule has 0 aliphatic carbocycles. The molecule has 7 saturated heterocycles. The van der Waals surface area contributed by atoms with Crippen LogP contribution in [0, 0.1) is 0 Å². The van der Waals surface area contributed by atoms with E-state index in [0.29, 0.717) is 25.9 Å². The second-order valence-electron chi connectivity index (χ2n) is 30.9. The van der Waals surface area contributed by atoms with E-state index in [1.54, 1.807) is 0 Å². The second-order valence-corrected chi connectivity index (χ2v) is 44.7. The molecule has 15 heteroatoms. The van der Waals surface area contributed by atoms with Gasteiger partial charge in [-0.25, -0.2) is 0 Å². The Bertz CT molecular complexity index is 2460. The molecule has 18 atom stereocenters. The molecule has 10 rings (SSSR count). The number of hydrogen-bond donors (Lipinski definition) is 1. The summed E-state index contributed by atoms with van der Waals surface area (Å²) in [7, 11) is -7.18. The first-order chi connectivity index (χ1) is 37.2. The fourth-order valence-electron chi connectivity index (χ4n) is 15.1. The maximum Gasteiger partial charge on any atom is 0.261 e. The molecule has 2 aromatic carbocycles. The maximum atomic E-state index is 10.8.